The van der Waals surface area contributed by atoms with Crippen LogP contribution in [0, 0.1) is 0 Å². The Morgan fingerprint density at radius 3 is 3.12 bits per heavy atom. The lowest BCUT2D eigenvalue weighted by atomic mass is 10.0. The fourth-order valence-electron chi connectivity index (χ4n) is 2.19. The van der Waals surface area contributed by atoms with Crippen LogP contribution in [0.1, 0.15) is 11.3 Å². The van der Waals surface area contributed by atoms with E-state index in [0.29, 0.717) is 0 Å². The Morgan fingerprint density at radius 2 is 2.24 bits per heavy atom. The number of methoxy groups -OCH3 is 1. The maximum absolute atomic E-state index is 5.40. The van der Waals surface area contributed by atoms with Crippen molar-refractivity contribution < 1.29 is 9.26 Å². The smallest absolute Gasteiger partial charge is 0.143 e. The summed E-state index contributed by atoms with van der Waals surface area (Å²) in [5.41, 5.74) is 3.04. The summed E-state index contributed by atoms with van der Waals surface area (Å²) in [6.07, 6.45) is 0.900. The normalized spacial score (nSPS) is 14.4. The van der Waals surface area contributed by atoms with Gasteiger partial charge in [-0.1, -0.05) is 17.3 Å². The number of nitrogens with one attached hydrogen (secondary N) is 1. The average Bonchev–Trinajstić information content (AvgIpc) is 2.82. The second kappa shape index (κ2) is 4.22. The van der Waals surface area contributed by atoms with Gasteiger partial charge < -0.3 is 14.6 Å². The van der Waals surface area contributed by atoms with Gasteiger partial charge in [-0.15, -0.1) is 0 Å². The number of fused-ring (bicyclic) bond motifs is 1. The maximum Gasteiger partial charge on any atom is 0.143 e. The monoisotopic (exact) mass is 230 g/mol. The highest BCUT2D eigenvalue weighted by Crippen LogP contribution is 2.33. The molecule has 2 heterocycles. The molecule has 4 nitrogen and oxygen atoms in total. The minimum absolute atomic E-state index is 0.812. The Balaban J connectivity index is 2.12. The summed E-state index contributed by atoms with van der Waals surface area (Å²) < 4.78 is 10.8. The molecule has 0 aliphatic carbocycles. The molecule has 1 aromatic heterocycles. The quantitative estimate of drug-likeness (QED) is 0.857. The van der Waals surface area contributed by atoms with Crippen molar-refractivity contribution in [1.29, 1.82) is 0 Å². The summed E-state index contributed by atoms with van der Waals surface area (Å²) in [5.74, 6) is 1.82. The van der Waals surface area contributed by atoms with Gasteiger partial charge in [0.25, 0.3) is 0 Å². The van der Waals surface area contributed by atoms with Gasteiger partial charge in [-0.2, -0.15) is 0 Å². The van der Waals surface area contributed by atoms with Gasteiger partial charge in [-0.3, -0.25) is 0 Å². The van der Waals surface area contributed by atoms with E-state index in [-0.39, 0.29) is 0 Å². The first-order valence-corrected chi connectivity index (χ1v) is 5.71. The van der Waals surface area contributed by atoms with Crippen LogP contribution in [0.15, 0.2) is 28.8 Å². The number of rotatable bonds is 2. The molecule has 0 bridgehead atoms. The van der Waals surface area contributed by atoms with Gasteiger partial charge in [-0.25, -0.2) is 0 Å². The topological polar surface area (TPSA) is 47.3 Å². The minimum atomic E-state index is 0.812. The largest absolute Gasteiger partial charge is 0.496 e. The third-order valence-corrected chi connectivity index (χ3v) is 3.06. The molecule has 0 amide bonds. The number of aromatic nitrogens is 1. The van der Waals surface area contributed by atoms with E-state index in [1.807, 2.05) is 24.3 Å². The zero-order valence-corrected chi connectivity index (χ0v) is 9.69. The van der Waals surface area contributed by atoms with E-state index in [1.54, 1.807) is 7.11 Å². The highest BCUT2D eigenvalue weighted by atomic mass is 16.5. The van der Waals surface area contributed by atoms with E-state index in [2.05, 4.69) is 10.5 Å². The lowest BCUT2D eigenvalue weighted by Gasteiger charge is -2.12. The SMILES string of the molecule is COc1ccccc1-c1noc2c1CNCC2. The summed E-state index contributed by atoms with van der Waals surface area (Å²) in [7, 11) is 1.67. The van der Waals surface area contributed by atoms with Crippen molar-refractivity contribution in [3.8, 4) is 17.0 Å². The lowest BCUT2D eigenvalue weighted by Crippen LogP contribution is -2.22. The first-order chi connectivity index (χ1) is 8.40. The second-order valence-electron chi connectivity index (χ2n) is 4.06. The molecule has 0 atom stereocenters. The molecule has 0 saturated carbocycles. The van der Waals surface area contributed by atoms with Crippen LogP contribution in [0.25, 0.3) is 11.3 Å². The van der Waals surface area contributed by atoms with Gasteiger partial charge >= 0.3 is 0 Å². The minimum Gasteiger partial charge on any atom is -0.496 e. The summed E-state index contributed by atoms with van der Waals surface area (Å²) in [4.78, 5) is 0. The van der Waals surface area contributed by atoms with E-state index in [0.717, 1.165) is 47.8 Å². The van der Waals surface area contributed by atoms with Crippen LogP contribution in [0.3, 0.4) is 0 Å². The third-order valence-electron chi connectivity index (χ3n) is 3.06. The second-order valence-corrected chi connectivity index (χ2v) is 4.06. The Kier molecular flexibility index (Phi) is 2.57. The molecule has 1 aromatic carbocycles. The first-order valence-electron chi connectivity index (χ1n) is 5.71. The molecular formula is C13H14N2O2. The molecular weight excluding hydrogens is 216 g/mol. The zero-order chi connectivity index (χ0) is 11.7. The van der Waals surface area contributed by atoms with Crippen molar-refractivity contribution in [2.75, 3.05) is 13.7 Å². The van der Waals surface area contributed by atoms with Gasteiger partial charge in [0.1, 0.15) is 17.2 Å². The van der Waals surface area contributed by atoms with Crippen LogP contribution in [0.2, 0.25) is 0 Å². The van der Waals surface area contributed by atoms with Gasteiger partial charge in [0, 0.05) is 30.6 Å². The predicted molar refractivity (Wildman–Crippen MR) is 63.9 cm³/mol. The molecule has 17 heavy (non-hydrogen) atoms. The molecule has 0 radical (unpaired) electrons. The van der Waals surface area contributed by atoms with E-state index in [1.165, 1.54) is 0 Å². The van der Waals surface area contributed by atoms with Crippen molar-refractivity contribution >= 4 is 0 Å². The highest BCUT2D eigenvalue weighted by Gasteiger charge is 2.21. The van der Waals surface area contributed by atoms with Crippen LogP contribution >= 0.6 is 0 Å². The summed E-state index contributed by atoms with van der Waals surface area (Å²) in [6, 6.07) is 7.88. The number of hydrogen-bond donors (Lipinski definition) is 1. The molecule has 2 aromatic rings. The zero-order valence-electron chi connectivity index (χ0n) is 9.69. The standard InChI is InChI=1S/C13H14N2O2/c1-16-11-5-3-2-4-9(11)13-10-8-14-7-6-12(10)17-15-13/h2-5,14H,6-8H2,1H3. The predicted octanol–water partition coefficient (Wildman–Crippen LogP) is 2.00. The van der Waals surface area contributed by atoms with E-state index in [4.69, 9.17) is 9.26 Å². The van der Waals surface area contributed by atoms with Gasteiger partial charge in [0.05, 0.1) is 7.11 Å². The Labute approximate surface area is 99.6 Å². The number of para-hydroxylation sites is 1. The molecule has 0 saturated heterocycles. The van der Waals surface area contributed by atoms with E-state index < -0.39 is 0 Å². The molecule has 4 heteroatoms. The van der Waals surface area contributed by atoms with E-state index >= 15 is 0 Å². The molecule has 1 aliphatic heterocycles. The molecule has 0 fully saturated rings. The lowest BCUT2D eigenvalue weighted by molar-refractivity contribution is 0.373. The summed E-state index contributed by atoms with van der Waals surface area (Å²) in [6.45, 7) is 1.76. The fourth-order valence-corrected chi connectivity index (χ4v) is 2.19. The van der Waals surface area contributed by atoms with Crippen LogP contribution in [-0.2, 0) is 13.0 Å². The first kappa shape index (κ1) is 10.4. The average molecular weight is 230 g/mol. The highest BCUT2D eigenvalue weighted by molar-refractivity contribution is 5.70. The number of nitrogens with zero attached hydrogens (tertiary/aromatic N) is 1. The van der Waals surface area contributed by atoms with Gasteiger partial charge in [0.2, 0.25) is 0 Å². The fraction of sp³-hybridized carbons (Fsp3) is 0.308. The van der Waals surface area contributed by atoms with Crippen molar-refractivity contribution in [2.45, 2.75) is 13.0 Å². The van der Waals surface area contributed by atoms with Gasteiger partial charge in [0.15, 0.2) is 0 Å². The molecule has 3 rings (SSSR count). The van der Waals surface area contributed by atoms with Crippen molar-refractivity contribution in [3.63, 3.8) is 0 Å². The summed E-state index contributed by atoms with van der Waals surface area (Å²) >= 11 is 0. The third kappa shape index (κ3) is 1.70. The van der Waals surface area contributed by atoms with Crippen molar-refractivity contribution in [1.82, 2.24) is 10.5 Å². The molecule has 0 spiro atoms. The number of benzene rings is 1. The van der Waals surface area contributed by atoms with Crippen LogP contribution in [0.5, 0.6) is 5.75 Å². The Morgan fingerprint density at radius 1 is 1.35 bits per heavy atom. The molecule has 0 unspecified atom stereocenters. The number of hydrogen-bond acceptors (Lipinski definition) is 4. The van der Waals surface area contributed by atoms with Crippen LogP contribution < -0.4 is 10.1 Å². The van der Waals surface area contributed by atoms with Crippen LogP contribution in [0.4, 0.5) is 0 Å². The van der Waals surface area contributed by atoms with E-state index in [9.17, 15) is 0 Å². The molecule has 1 aliphatic rings. The number of ether oxygens (including phenoxy) is 1. The van der Waals surface area contributed by atoms with Crippen LogP contribution in [-0.4, -0.2) is 18.8 Å². The van der Waals surface area contributed by atoms with Gasteiger partial charge in [-0.05, 0) is 12.1 Å². The molecule has 88 valence electrons. The Hall–Kier alpha value is -1.81. The molecule has 1 N–H and O–H groups in total. The Bertz CT molecular complexity index is 534. The summed E-state index contributed by atoms with van der Waals surface area (Å²) in [5, 5.41) is 7.52. The van der Waals surface area contributed by atoms with Crippen molar-refractivity contribution in [3.05, 3.63) is 35.6 Å². The maximum atomic E-state index is 5.40. The van der Waals surface area contributed by atoms with Crippen molar-refractivity contribution in [2.24, 2.45) is 0 Å².